The summed E-state index contributed by atoms with van der Waals surface area (Å²) in [5.41, 5.74) is 3.81. The molecule has 5 heteroatoms. The van der Waals surface area contributed by atoms with Gasteiger partial charge in [-0.1, -0.05) is 36.0 Å². The number of nitrogens with one attached hydrogen (secondary N) is 1. The molecule has 1 aromatic heterocycles. The minimum atomic E-state index is 0.932. The standard InChI is InChI=1S/C20H23N3OS/c1-15-7-8-19(18(13-15)22-9-11-23(24-2)12-10-22)25-20-14-21-17-6-4-3-5-16(17)20/h3-8,13-14,21H,9-12H2,1-2H3. The first-order valence-electron chi connectivity index (χ1n) is 8.63. The lowest BCUT2D eigenvalue weighted by Crippen LogP contribution is -2.46. The lowest BCUT2D eigenvalue weighted by atomic mass is 10.2. The van der Waals surface area contributed by atoms with E-state index in [1.807, 2.05) is 16.8 Å². The fourth-order valence-corrected chi connectivity index (χ4v) is 4.39. The molecule has 2 aromatic carbocycles. The smallest absolute Gasteiger partial charge is 0.0575 e. The molecule has 0 aliphatic carbocycles. The number of hydrogen-bond acceptors (Lipinski definition) is 4. The normalized spacial score (nSPS) is 15.8. The van der Waals surface area contributed by atoms with Crippen LogP contribution in [0.4, 0.5) is 5.69 Å². The average Bonchev–Trinajstić information content (AvgIpc) is 3.06. The maximum absolute atomic E-state index is 5.36. The number of benzene rings is 2. The van der Waals surface area contributed by atoms with Crippen molar-refractivity contribution < 1.29 is 4.84 Å². The number of aryl methyl sites for hydroxylation is 1. The number of fused-ring (bicyclic) bond motifs is 1. The molecular formula is C20H23N3OS. The molecule has 0 bridgehead atoms. The fraction of sp³-hybridized carbons (Fsp3) is 0.300. The van der Waals surface area contributed by atoms with Crippen molar-refractivity contribution in [3.63, 3.8) is 0 Å². The number of piperazine rings is 1. The SMILES string of the molecule is CON1CCN(c2cc(C)ccc2Sc2c[nH]c3ccccc23)CC1. The molecule has 1 saturated heterocycles. The molecule has 0 atom stereocenters. The second kappa shape index (κ2) is 7.12. The van der Waals surface area contributed by atoms with Gasteiger partial charge in [-0.3, -0.25) is 0 Å². The number of aromatic amines is 1. The minimum absolute atomic E-state index is 0.932. The van der Waals surface area contributed by atoms with Crippen molar-refractivity contribution >= 4 is 28.4 Å². The topological polar surface area (TPSA) is 31.5 Å². The first kappa shape index (κ1) is 16.5. The monoisotopic (exact) mass is 353 g/mol. The van der Waals surface area contributed by atoms with Gasteiger partial charge in [0, 0.05) is 53.1 Å². The van der Waals surface area contributed by atoms with Crippen molar-refractivity contribution in [1.29, 1.82) is 0 Å². The van der Waals surface area contributed by atoms with Crippen LogP contribution in [0.2, 0.25) is 0 Å². The molecule has 1 fully saturated rings. The number of aromatic nitrogens is 1. The van der Waals surface area contributed by atoms with Gasteiger partial charge in [0.2, 0.25) is 0 Å². The molecule has 0 amide bonds. The van der Waals surface area contributed by atoms with Crippen LogP contribution >= 0.6 is 11.8 Å². The number of nitrogens with zero attached hydrogens (tertiary/aromatic N) is 2. The lowest BCUT2D eigenvalue weighted by Gasteiger charge is -2.35. The zero-order valence-corrected chi connectivity index (χ0v) is 15.5. The molecular weight excluding hydrogens is 330 g/mol. The van der Waals surface area contributed by atoms with Crippen molar-refractivity contribution in [1.82, 2.24) is 10.0 Å². The van der Waals surface area contributed by atoms with Crippen LogP contribution in [0, 0.1) is 6.92 Å². The third-order valence-corrected chi connectivity index (χ3v) is 5.85. The Morgan fingerprint density at radius 3 is 2.60 bits per heavy atom. The minimum Gasteiger partial charge on any atom is -0.368 e. The predicted octanol–water partition coefficient (Wildman–Crippen LogP) is 4.31. The highest BCUT2D eigenvalue weighted by molar-refractivity contribution is 7.99. The van der Waals surface area contributed by atoms with E-state index < -0.39 is 0 Å². The van der Waals surface area contributed by atoms with Gasteiger partial charge in [-0.25, -0.2) is 0 Å². The van der Waals surface area contributed by atoms with Gasteiger partial charge < -0.3 is 14.7 Å². The Bertz CT molecular complexity index is 868. The van der Waals surface area contributed by atoms with Gasteiger partial charge in [0.25, 0.3) is 0 Å². The first-order chi connectivity index (χ1) is 12.2. The number of hydroxylamine groups is 2. The summed E-state index contributed by atoms with van der Waals surface area (Å²) in [4.78, 5) is 13.8. The molecule has 1 aliphatic heterocycles. The van der Waals surface area contributed by atoms with E-state index in [4.69, 9.17) is 4.84 Å². The van der Waals surface area contributed by atoms with E-state index in [-0.39, 0.29) is 0 Å². The van der Waals surface area contributed by atoms with Gasteiger partial charge in [0.05, 0.1) is 12.8 Å². The first-order valence-corrected chi connectivity index (χ1v) is 9.45. The number of hydrogen-bond donors (Lipinski definition) is 1. The zero-order valence-electron chi connectivity index (χ0n) is 14.7. The highest BCUT2D eigenvalue weighted by atomic mass is 32.2. The summed E-state index contributed by atoms with van der Waals surface area (Å²) >= 11 is 1.84. The van der Waals surface area contributed by atoms with Crippen molar-refractivity contribution in [3.05, 3.63) is 54.2 Å². The van der Waals surface area contributed by atoms with E-state index in [0.717, 1.165) is 26.2 Å². The fourth-order valence-electron chi connectivity index (χ4n) is 3.32. The number of para-hydroxylation sites is 1. The number of anilines is 1. The summed E-state index contributed by atoms with van der Waals surface area (Å²) in [6.45, 7) is 6.00. The van der Waals surface area contributed by atoms with Crippen LogP contribution in [-0.4, -0.2) is 43.3 Å². The molecule has 0 saturated carbocycles. The summed E-state index contributed by atoms with van der Waals surface area (Å²) in [7, 11) is 1.75. The van der Waals surface area contributed by atoms with Gasteiger partial charge >= 0.3 is 0 Å². The van der Waals surface area contributed by atoms with Gasteiger partial charge in [-0.2, -0.15) is 5.06 Å². The van der Waals surface area contributed by atoms with Crippen molar-refractivity contribution in [3.8, 4) is 0 Å². The third-order valence-electron chi connectivity index (χ3n) is 4.72. The van der Waals surface area contributed by atoms with Crippen LogP contribution in [0.15, 0.2) is 58.5 Å². The summed E-state index contributed by atoms with van der Waals surface area (Å²) in [6.07, 6.45) is 2.11. The van der Waals surface area contributed by atoms with Crippen LogP contribution in [0.3, 0.4) is 0 Å². The Morgan fingerprint density at radius 1 is 1.00 bits per heavy atom. The zero-order chi connectivity index (χ0) is 17.2. The van der Waals surface area contributed by atoms with Gasteiger partial charge in [0.15, 0.2) is 0 Å². The van der Waals surface area contributed by atoms with Crippen molar-refractivity contribution in [2.45, 2.75) is 16.7 Å². The Morgan fingerprint density at radius 2 is 1.80 bits per heavy atom. The maximum Gasteiger partial charge on any atom is 0.0575 e. The van der Waals surface area contributed by atoms with E-state index in [9.17, 15) is 0 Å². The molecule has 2 heterocycles. The predicted molar refractivity (Wildman–Crippen MR) is 104 cm³/mol. The van der Waals surface area contributed by atoms with Crippen LogP contribution in [0.1, 0.15) is 5.56 Å². The quantitative estimate of drug-likeness (QED) is 0.757. The largest absolute Gasteiger partial charge is 0.368 e. The van der Waals surface area contributed by atoms with Crippen LogP contribution in [-0.2, 0) is 4.84 Å². The van der Waals surface area contributed by atoms with E-state index in [2.05, 4.69) is 65.5 Å². The Labute approximate surface area is 152 Å². The molecule has 4 rings (SSSR count). The molecule has 1 aliphatic rings. The van der Waals surface area contributed by atoms with E-state index >= 15 is 0 Å². The highest BCUT2D eigenvalue weighted by Crippen LogP contribution is 2.39. The second-order valence-corrected chi connectivity index (χ2v) is 7.45. The molecule has 0 radical (unpaired) electrons. The molecule has 0 unspecified atom stereocenters. The van der Waals surface area contributed by atoms with Crippen LogP contribution in [0.5, 0.6) is 0 Å². The summed E-state index contributed by atoms with van der Waals surface area (Å²) < 4.78 is 0. The van der Waals surface area contributed by atoms with E-state index in [1.54, 1.807) is 7.11 Å². The van der Waals surface area contributed by atoms with Crippen molar-refractivity contribution in [2.24, 2.45) is 0 Å². The van der Waals surface area contributed by atoms with Crippen molar-refractivity contribution in [2.75, 3.05) is 38.2 Å². The van der Waals surface area contributed by atoms with Gasteiger partial charge in [-0.05, 0) is 30.7 Å². The summed E-state index contributed by atoms with van der Waals surface area (Å²) in [5, 5.41) is 3.31. The molecule has 25 heavy (non-hydrogen) atoms. The Hall–Kier alpha value is -1.95. The summed E-state index contributed by atoms with van der Waals surface area (Å²) in [5.74, 6) is 0. The number of rotatable bonds is 4. The lowest BCUT2D eigenvalue weighted by molar-refractivity contribution is -0.133. The van der Waals surface area contributed by atoms with Gasteiger partial charge in [-0.15, -0.1) is 0 Å². The molecule has 130 valence electrons. The second-order valence-electron chi connectivity index (χ2n) is 6.37. The number of H-pyrrole nitrogens is 1. The van der Waals surface area contributed by atoms with Gasteiger partial charge in [0.1, 0.15) is 0 Å². The molecule has 4 nitrogen and oxygen atoms in total. The maximum atomic E-state index is 5.36. The average molecular weight is 353 g/mol. The summed E-state index contributed by atoms with van der Waals surface area (Å²) in [6, 6.07) is 15.2. The van der Waals surface area contributed by atoms with Crippen LogP contribution < -0.4 is 4.90 Å². The Balaban J connectivity index is 1.64. The molecule has 3 aromatic rings. The molecule has 0 spiro atoms. The Kier molecular flexibility index (Phi) is 4.70. The highest BCUT2D eigenvalue weighted by Gasteiger charge is 2.20. The molecule has 1 N–H and O–H groups in total. The third kappa shape index (κ3) is 3.40. The van der Waals surface area contributed by atoms with Crippen LogP contribution in [0.25, 0.3) is 10.9 Å². The van der Waals surface area contributed by atoms with E-state index in [1.165, 1.54) is 31.9 Å². The van der Waals surface area contributed by atoms with E-state index in [0.29, 0.717) is 0 Å².